The first-order chi connectivity index (χ1) is 9.33. The molecule has 0 bridgehead atoms. The van der Waals surface area contributed by atoms with Gasteiger partial charge < -0.3 is 10.1 Å². The lowest BCUT2D eigenvalue weighted by Gasteiger charge is -2.23. The smallest absolute Gasteiger partial charge is 0.155 e. The molecule has 114 valence electrons. The van der Waals surface area contributed by atoms with Crippen LogP contribution in [0, 0.1) is 5.92 Å². The second-order valence-electron chi connectivity index (χ2n) is 5.36. The molecule has 0 saturated heterocycles. The standard InChI is InChI=1S/C15H25NO3S/c1-11(2)12(3)20(17,18)10-14(16-4)13-8-6-7-9-15(13)19-5/h6-9,11-12,14,16H,10H2,1-5H3. The highest BCUT2D eigenvalue weighted by molar-refractivity contribution is 7.92. The lowest BCUT2D eigenvalue weighted by Crippen LogP contribution is -2.33. The zero-order valence-corrected chi connectivity index (χ0v) is 13.7. The summed E-state index contributed by atoms with van der Waals surface area (Å²) in [5.74, 6) is 0.887. The van der Waals surface area contributed by atoms with Gasteiger partial charge in [0.15, 0.2) is 9.84 Å². The van der Waals surface area contributed by atoms with E-state index in [1.807, 2.05) is 38.1 Å². The van der Waals surface area contributed by atoms with Crippen molar-refractivity contribution < 1.29 is 13.2 Å². The van der Waals surface area contributed by atoms with E-state index in [4.69, 9.17) is 4.74 Å². The molecule has 1 N–H and O–H groups in total. The van der Waals surface area contributed by atoms with Crippen molar-refractivity contribution in [3.63, 3.8) is 0 Å². The normalized spacial score (nSPS) is 15.1. The third kappa shape index (κ3) is 3.96. The Balaban J connectivity index is 3.04. The van der Waals surface area contributed by atoms with E-state index < -0.39 is 9.84 Å². The maximum atomic E-state index is 12.4. The number of rotatable bonds is 7. The summed E-state index contributed by atoms with van der Waals surface area (Å²) in [7, 11) is 0.203. The summed E-state index contributed by atoms with van der Waals surface area (Å²) in [5.41, 5.74) is 0.872. The summed E-state index contributed by atoms with van der Waals surface area (Å²) < 4.78 is 30.2. The van der Waals surface area contributed by atoms with Crippen LogP contribution in [0.3, 0.4) is 0 Å². The van der Waals surface area contributed by atoms with Gasteiger partial charge in [0.25, 0.3) is 0 Å². The molecule has 0 spiro atoms. The van der Waals surface area contributed by atoms with Crippen LogP contribution in [0.4, 0.5) is 0 Å². The molecule has 5 heteroatoms. The van der Waals surface area contributed by atoms with Gasteiger partial charge in [0, 0.05) is 11.6 Å². The van der Waals surface area contributed by atoms with Crippen molar-refractivity contribution in [2.24, 2.45) is 5.92 Å². The lowest BCUT2D eigenvalue weighted by atomic mass is 10.1. The van der Waals surface area contributed by atoms with Gasteiger partial charge in [0.05, 0.1) is 18.1 Å². The molecule has 1 aromatic rings. The van der Waals surface area contributed by atoms with E-state index in [1.165, 1.54) is 0 Å². The second-order valence-corrected chi connectivity index (χ2v) is 7.76. The number of ether oxygens (including phenoxy) is 1. The van der Waals surface area contributed by atoms with Crippen molar-refractivity contribution in [1.82, 2.24) is 5.32 Å². The molecule has 0 saturated carbocycles. The number of hydrogen-bond acceptors (Lipinski definition) is 4. The van der Waals surface area contributed by atoms with Gasteiger partial charge in [-0.25, -0.2) is 8.42 Å². The summed E-state index contributed by atoms with van der Waals surface area (Å²) in [6.07, 6.45) is 0. The highest BCUT2D eigenvalue weighted by Crippen LogP contribution is 2.27. The fourth-order valence-electron chi connectivity index (χ4n) is 2.08. The maximum absolute atomic E-state index is 12.4. The highest BCUT2D eigenvalue weighted by Gasteiger charge is 2.28. The van der Waals surface area contributed by atoms with Gasteiger partial charge in [0.2, 0.25) is 0 Å². The van der Waals surface area contributed by atoms with Crippen LogP contribution in [-0.4, -0.2) is 33.6 Å². The number of nitrogens with one attached hydrogen (secondary N) is 1. The minimum atomic E-state index is -3.16. The van der Waals surface area contributed by atoms with Crippen molar-refractivity contribution in [2.75, 3.05) is 19.9 Å². The molecule has 2 unspecified atom stereocenters. The van der Waals surface area contributed by atoms with E-state index in [0.29, 0.717) is 5.75 Å². The second kappa shape index (κ2) is 7.09. The van der Waals surface area contributed by atoms with Crippen molar-refractivity contribution in [3.8, 4) is 5.75 Å². The van der Waals surface area contributed by atoms with Gasteiger partial charge in [-0.15, -0.1) is 0 Å². The Morgan fingerprint density at radius 1 is 1.20 bits per heavy atom. The van der Waals surface area contributed by atoms with Crippen LogP contribution in [0.25, 0.3) is 0 Å². The van der Waals surface area contributed by atoms with Gasteiger partial charge in [-0.3, -0.25) is 0 Å². The first-order valence-corrected chi connectivity index (χ1v) is 8.56. The summed E-state index contributed by atoms with van der Waals surface area (Å²) in [6.45, 7) is 5.63. The Hall–Kier alpha value is -1.07. The Labute approximate surface area is 122 Å². The van der Waals surface area contributed by atoms with Crippen LogP contribution in [0.2, 0.25) is 0 Å². The predicted octanol–water partition coefficient (Wildman–Crippen LogP) is 2.42. The molecule has 2 atom stereocenters. The van der Waals surface area contributed by atoms with Crippen molar-refractivity contribution in [2.45, 2.75) is 32.1 Å². The molecule has 20 heavy (non-hydrogen) atoms. The lowest BCUT2D eigenvalue weighted by molar-refractivity contribution is 0.403. The molecule has 1 rings (SSSR count). The van der Waals surface area contributed by atoms with Crippen molar-refractivity contribution in [1.29, 1.82) is 0 Å². The quantitative estimate of drug-likeness (QED) is 0.840. The summed E-state index contributed by atoms with van der Waals surface area (Å²) in [6, 6.07) is 7.24. The van der Waals surface area contributed by atoms with Crippen LogP contribution in [-0.2, 0) is 9.84 Å². The molecule has 0 aromatic heterocycles. The zero-order valence-electron chi connectivity index (χ0n) is 12.9. The Morgan fingerprint density at radius 3 is 2.30 bits per heavy atom. The number of benzene rings is 1. The molecule has 0 heterocycles. The minimum Gasteiger partial charge on any atom is -0.496 e. The number of methoxy groups -OCH3 is 1. The molecule has 1 aromatic carbocycles. The summed E-state index contributed by atoms with van der Waals surface area (Å²) >= 11 is 0. The van der Waals surface area contributed by atoms with E-state index in [2.05, 4.69) is 5.32 Å². The largest absolute Gasteiger partial charge is 0.496 e. The van der Waals surface area contributed by atoms with E-state index in [0.717, 1.165) is 5.56 Å². The van der Waals surface area contributed by atoms with E-state index in [1.54, 1.807) is 21.1 Å². The monoisotopic (exact) mass is 299 g/mol. The van der Waals surface area contributed by atoms with E-state index in [9.17, 15) is 8.42 Å². The molecule has 0 amide bonds. The third-order valence-corrected chi connectivity index (χ3v) is 6.24. The topological polar surface area (TPSA) is 55.4 Å². The predicted molar refractivity (Wildman–Crippen MR) is 82.9 cm³/mol. The van der Waals surface area contributed by atoms with Crippen LogP contribution < -0.4 is 10.1 Å². The van der Waals surface area contributed by atoms with Gasteiger partial charge >= 0.3 is 0 Å². The van der Waals surface area contributed by atoms with Gasteiger partial charge in [0.1, 0.15) is 5.75 Å². The molecule has 0 aliphatic heterocycles. The van der Waals surface area contributed by atoms with Crippen molar-refractivity contribution in [3.05, 3.63) is 29.8 Å². The van der Waals surface area contributed by atoms with Crippen LogP contribution in [0.1, 0.15) is 32.4 Å². The average molecular weight is 299 g/mol. The zero-order chi connectivity index (χ0) is 15.3. The third-order valence-electron chi connectivity index (χ3n) is 3.77. The average Bonchev–Trinajstić information content (AvgIpc) is 2.43. The Morgan fingerprint density at radius 2 is 1.80 bits per heavy atom. The molecular formula is C15H25NO3S. The number of hydrogen-bond donors (Lipinski definition) is 1. The molecule has 4 nitrogen and oxygen atoms in total. The van der Waals surface area contributed by atoms with Crippen LogP contribution in [0.15, 0.2) is 24.3 Å². The minimum absolute atomic E-state index is 0.0726. The molecule has 0 radical (unpaired) electrons. The van der Waals surface area contributed by atoms with Crippen LogP contribution in [0.5, 0.6) is 5.75 Å². The number of para-hydroxylation sites is 1. The fourth-order valence-corrected chi connectivity index (χ4v) is 4.03. The maximum Gasteiger partial charge on any atom is 0.155 e. The molecule has 0 fully saturated rings. The number of sulfone groups is 1. The highest BCUT2D eigenvalue weighted by atomic mass is 32.2. The summed E-state index contributed by atoms with van der Waals surface area (Å²) in [5, 5.41) is 2.73. The van der Waals surface area contributed by atoms with Crippen molar-refractivity contribution >= 4 is 9.84 Å². The van der Waals surface area contributed by atoms with E-state index >= 15 is 0 Å². The first kappa shape index (κ1) is 17.0. The fraction of sp³-hybridized carbons (Fsp3) is 0.600. The Kier molecular flexibility index (Phi) is 6.02. The SMILES string of the molecule is CNC(CS(=O)(=O)C(C)C(C)C)c1ccccc1OC. The van der Waals surface area contributed by atoms with Gasteiger partial charge in [-0.05, 0) is 26.0 Å². The Bertz CT molecular complexity index is 526. The first-order valence-electron chi connectivity index (χ1n) is 6.85. The van der Waals surface area contributed by atoms with Crippen LogP contribution >= 0.6 is 0 Å². The molecular weight excluding hydrogens is 274 g/mol. The molecule has 0 aliphatic carbocycles. The van der Waals surface area contributed by atoms with E-state index in [-0.39, 0.29) is 23.0 Å². The van der Waals surface area contributed by atoms with Gasteiger partial charge in [-0.2, -0.15) is 0 Å². The van der Waals surface area contributed by atoms with Gasteiger partial charge in [-0.1, -0.05) is 32.0 Å². The summed E-state index contributed by atoms with van der Waals surface area (Å²) in [4.78, 5) is 0. The molecule has 0 aliphatic rings.